The summed E-state index contributed by atoms with van der Waals surface area (Å²) in [5.41, 5.74) is 3.06. The van der Waals surface area contributed by atoms with Crippen LogP contribution in [0.4, 0.5) is 17.6 Å². The van der Waals surface area contributed by atoms with E-state index in [0.29, 0.717) is 70.0 Å². The van der Waals surface area contributed by atoms with E-state index >= 15 is 0 Å². The third-order valence-corrected chi connectivity index (χ3v) is 10.6. The largest absolute Gasteiger partial charge is 0.358 e. The predicted molar refractivity (Wildman–Crippen MR) is 199 cm³/mol. The second-order valence-electron chi connectivity index (χ2n) is 14.5. The molecule has 2 fully saturated rings. The number of aromatic amines is 2. The summed E-state index contributed by atoms with van der Waals surface area (Å²) in [6, 6.07) is 3.66. The molecular formula is C38H44F4N12O2. The van der Waals surface area contributed by atoms with Gasteiger partial charge in [-0.15, -0.1) is 0 Å². The minimum Gasteiger partial charge on any atom is -0.358 e. The summed E-state index contributed by atoms with van der Waals surface area (Å²) >= 11 is 0. The molecule has 2 aliphatic carbocycles. The third-order valence-electron chi connectivity index (χ3n) is 10.6. The number of nitrogens with zero attached hydrogens (tertiary/aromatic N) is 8. The molecule has 6 aromatic rings. The Bertz CT molecular complexity index is 2020. The molecule has 0 spiro atoms. The highest BCUT2D eigenvalue weighted by atomic mass is 19.3. The van der Waals surface area contributed by atoms with Gasteiger partial charge in [-0.05, 0) is 88.2 Å². The number of alkyl halides is 4. The highest BCUT2D eigenvalue weighted by Gasteiger charge is 2.27. The zero-order valence-corrected chi connectivity index (χ0v) is 30.6. The van der Waals surface area contributed by atoms with Gasteiger partial charge in [0.15, 0.2) is 11.4 Å². The van der Waals surface area contributed by atoms with Gasteiger partial charge in [0.05, 0.1) is 22.1 Å². The van der Waals surface area contributed by atoms with Crippen molar-refractivity contribution >= 4 is 33.9 Å². The number of halogens is 4. The number of rotatable bonds is 12. The van der Waals surface area contributed by atoms with E-state index in [4.69, 9.17) is 0 Å². The molecule has 0 aromatic carbocycles. The van der Waals surface area contributed by atoms with E-state index in [2.05, 4.69) is 50.5 Å². The fourth-order valence-electron chi connectivity index (χ4n) is 7.60. The molecule has 4 N–H and O–H groups in total. The molecule has 18 heteroatoms. The van der Waals surface area contributed by atoms with Crippen molar-refractivity contribution in [3.63, 3.8) is 0 Å². The van der Waals surface area contributed by atoms with E-state index in [1.165, 1.54) is 0 Å². The first-order valence-corrected chi connectivity index (χ1v) is 19.0. The van der Waals surface area contributed by atoms with Gasteiger partial charge >= 0.3 is 0 Å². The Kier molecular flexibility index (Phi) is 12.3. The molecule has 6 aromatic heterocycles. The van der Waals surface area contributed by atoms with Gasteiger partial charge < -0.3 is 20.6 Å². The Labute approximate surface area is 319 Å². The highest BCUT2D eigenvalue weighted by molar-refractivity contribution is 6.04. The van der Waals surface area contributed by atoms with Crippen molar-refractivity contribution in [3.05, 3.63) is 73.4 Å². The summed E-state index contributed by atoms with van der Waals surface area (Å²) in [5.74, 6) is 0.892. The van der Waals surface area contributed by atoms with Crippen LogP contribution in [0.15, 0.2) is 62.0 Å². The lowest BCUT2D eigenvalue weighted by Crippen LogP contribution is -2.38. The second kappa shape index (κ2) is 17.8. The molecule has 0 atom stereocenters. The van der Waals surface area contributed by atoms with Gasteiger partial charge in [0.25, 0.3) is 11.8 Å². The molecule has 0 unspecified atom stereocenters. The van der Waals surface area contributed by atoms with Crippen molar-refractivity contribution in [2.24, 2.45) is 11.8 Å². The van der Waals surface area contributed by atoms with Crippen molar-refractivity contribution in [3.8, 4) is 11.9 Å². The summed E-state index contributed by atoms with van der Waals surface area (Å²) in [5, 5.41) is 6.11. The highest BCUT2D eigenvalue weighted by Crippen LogP contribution is 2.30. The lowest BCUT2D eigenvalue weighted by atomic mass is 9.83. The Morgan fingerprint density at radius 3 is 1.41 bits per heavy atom. The fraction of sp³-hybridized carbons (Fsp3) is 0.474. The van der Waals surface area contributed by atoms with Crippen molar-refractivity contribution in [2.75, 3.05) is 0 Å². The first-order valence-electron chi connectivity index (χ1n) is 19.0. The molecule has 0 aliphatic heterocycles. The molecule has 6 heterocycles. The Morgan fingerprint density at radius 2 is 1.05 bits per heavy atom. The lowest BCUT2D eigenvalue weighted by Gasteiger charge is -2.29. The average Bonchev–Trinajstić information content (AvgIpc) is 4.04. The van der Waals surface area contributed by atoms with Gasteiger partial charge in [0.1, 0.15) is 12.7 Å². The van der Waals surface area contributed by atoms with Crippen molar-refractivity contribution in [1.82, 2.24) is 59.6 Å². The zero-order valence-electron chi connectivity index (χ0n) is 30.6. The van der Waals surface area contributed by atoms with Crippen LogP contribution >= 0.6 is 0 Å². The van der Waals surface area contributed by atoms with Crippen LogP contribution < -0.4 is 10.6 Å². The van der Waals surface area contributed by atoms with Gasteiger partial charge in [-0.1, -0.05) is 0 Å². The van der Waals surface area contributed by atoms with Gasteiger partial charge in [-0.25, -0.2) is 47.5 Å². The number of nitrogens with one attached hydrogen (secondary N) is 4. The van der Waals surface area contributed by atoms with Gasteiger partial charge in [-0.3, -0.25) is 18.7 Å². The molecule has 0 radical (unpaired) electrons. The topological polar surface area (TPSA) is 177 Å². The molecule has 2 saturated carbocycles. The molecule has 0 bridgehead atoms. The SMILES string of the molecule is O=C(NC1CCC(CCC(F)F)CC1)c1nc(-n2ccnc2)nc2cc[nH]c12.O=C(NC1CCC(CCC(F)F)CC1)c1nc(-n2ccnc2)nc2cc[nH]c12. The Hall–Kier alpha value is -5.68. The van der Waals surface area contributed by atoms with Crippen molar-refractivity contribution in [2.45, 2.75) is 102 Å². The Morgan fingerprint density at radius 1 is 0.643 bits per heavy atom. The summed E-state index contributed by atoms with van der Waals surface area (Å²) in [6.07, 6.45) is 16.5. The van der Waals surface area contributed by atoms with E-state index < -0.39 is 12.9 Å². The minimum atomic E-state index is -2.23. The maximum Gasteiger partial charge on any atom is 0.272 e. The average molecular weight is 777 g/mol. The second-order valence-corrected chi connectivity index (χ2v) is 14.5. The number of amides is 2. The van der Waals surface area contributed by atoms with Crippen LogP contribution in [0.3, 0.4) is 0 Å². The molecule has 14 nitrogen and oxygen atoms in total. The molecular weight excluding hydrogens is 732 g/mol. The number of H-pyrrole nitrogens is 2. The van der Waals surface area contributed by atoms with Crippen molar-refractivity contribution in [1.29, 1.82) is 0 Å². The monoisotopic (exact) mass is 776 g/mol. The first kappa shape index (κ1) is 38.6. The van der Waals surface area contributed by atoms with E-state index in [0.717, 1.165) is 51.4 Å². The summed E-state index contributed by atoms with van der Waals surface area (Å²) in [4.78, 5) is 57.6. The molecule has 0 saturated heterocycles. The third kappa shape index (κ3) is 9.57. The first-order chi connectivity index (χ1) is 27.2. The van der Waals surface area contributed by atoms with Crippen LogP contribution in [-0.4, -0.2) is 85.8 Å². The van der Waals surface area contributed by atoms with E-state index in [-0.39, 0.29) is 36.7 Å². The zero-order chi connectivity index (χ0) is 39.0. The van der Waals surface area contributed by atoms with Crippen LogP contribution in [0, 0.1) is 11.8 Å². The molecule has 296 valence electrons. The van der Waals surface area contributed by atoms with E-state index in [9.17, 15) is 27.2 Å². The fourth-order valence-corrected chi connectivity index (χ4v) is 7.60. The number of imidazole rings is 2. The van der Waals surface area contributed by atoms with E-state index in [1.54, 1.807) is 71.1 Å². The summed E-state index contributed by atoms with van der Waals surface area (Å²) < 4.78 is 52.8. The van der Waals surface area contributed by atoms with Crippen LogP contribution in [-0.2, 0) is 0 Å². The van der Waals surface area contributed by atoms with E-state index in [1.807, 2.05) is 0 Å². The molecule has 2 aliphatic rings. The Balaban J connectivity index is 0.000000172. The number of carbonyl (C=O) groups excluding carboxylic acids is 2. The van der Waals surface area contributed by atoms with Crippen LogP contribution in [0.5, 0.6) is 0 Å². The maximum absolute atomic E-state index is 12.9. The molecule has 56 heavy (non-hydrogen) atoms. The normalized spacial score (nSPS) is 20.0. The summed E-state index contributed by atoms with van der Waals surface area (Å²) in [7, 11) is 0. The molecule has 8 rings (SSSR count). The number of hydrogen-bond donors (Lipinski definition) is 4. The standard InChI is InChI=1S/2C19H22F2N6O/c2*20-15(21)6-3-12-1-4-13(5-2-12)24-18(28)17-16-14(7-8-23-16)25-19(26-17)27-10-9-22-11-27/h2*7-13,15,23H,1-6H2,(H,24,28). The van der Waals surface area contributed by atoms with Gasteiger partial charge in [0.2, 0.25) is 24.7 Å². The predicted octanol–water partition coefficient (Wildman–Crippen LogP) is 6.96. The number of carbonyl (C=O) groups is 2. The van der Waals surface area contributed by atoms with Crippen molar-refractivity contribution < 1.29 is 27.2 Å². The van der Waals surface area contributed by atoms with Gasteiger partial charge in [-0.2, -0.15) is 0 Å². The smallest absolute Gasteiger partial charge is 0.272 e. The van der Waals surface area contributed by atoms with Crippen LogP contribution in [0.1, 0.15) is 98.0 Å². The lowest BCUT2D eigenvalue weighted by molar-refractivity contribution is 0.0902. The number of aromatic nitrogens is 10. The van der Waals surface area contributed by atoms with Crippen LogP contribution in [0.25, 0.3) is 34.0 Å². The molecule has 2 amide bonds. The maximum atomic E-state index is 12.9. The van der Waals surface area contributed by atoms with Crippen LogP contribution in [0.2, 0.25) is 0 Å². The van der Waals surface area contributed by atoms with Gasteiger partial charge in [0, 0.05) is 62.1 Å². The number of hydrogen-bond acceptors (Lipinski definition) is 8. The number of fused-ring (bicyclic) bond motifs is 2. The quantitative estimate of drug-likeness (QED) is 0.0965. The minimum absolute atomic E-state index is 0.0342. The summed E-state index contributed by atoms with van der Waals surface area (Å²) in [6.45, 7) is 0.